The number of nitrogens with one attached hydrogen (secondary N) is 1. The molecular weight excluding hydrogens is 228 g/mol. The van der Waals surface area contributed by atoms with Crippen molar-refractivity contribution in [2.75, 3.05) is 39.9 Å². The van der Waals surface area contributed by atoms with E-state index in [4.69, 9.17) is 4.74 Å². The largest absolute Gasteiger partial charge is 0.393 e. The van der Waals surface area contributed by atoms with Crippen LogP contribution in [0.5, 0.6) is 0 Å². The number of hydrogen-bond acceptors (Lipinski definition) is 4. The van der Waals surface area contributed by atoms with Gasteiger partial charge in [0.2, 0.25) is 0 Å². The minimum Gasteiger partial charge on any atom is -0.393 e. The molecule has 2 saturated heterocycles. The van der Waals surface area contributed by atoms with Crippen LogP contribution >= 0.6 is 0 Å². The summed E-state index contributed by atoms with van der Waals surface area (Å²) in [6, 6.07) is 0.601. The predicted molar refractivity (Wildman–Crippen MR) is 70.4 cm³/mol. The van der Waals surface area contributed by atoms with E-state index in [1.54, 1.807) is 0 Å². The van der Waals surface area contributed by atoms with Crippen LogP contribution in [0.4, 0.5) is 0 Å². The number of aliphatic hydroxyl groups is 1. The molecule has 1 saturated carbocycles. The molecule has 2 N–H and O–H groups in total. The van der Waals surface area contributed by atoms with Crippen LogP contribution in [-0.4, -0.2) is 62.0 Å². The maximum absolute atomic E-state index is 9.96. The lowest BCUT2D eigenvalue weighted by molar-refractivity contribution is 0.0193. The van der Waals surface area contributed by atoms with Crippen LogP contribution in [0.25, 0.3) is 0 Å². The molecule has 0 aromatic heterocycles. The summed E-state index contributed by atoms with van der Waals surface area (Å²) in [4.78, 5) is 2.56. The van der Waals surface area contributed by atoms with Gasteiger partial charge in [-0.25, -0.2) is 0 Å². The smallest absolute Gasteiger partial charge is 0.0583 e. The molecule has 3 rings (SSSR count). The Morgan fingerprint density at radius 3 is 2.94 bits per heavy atom. The van der Waals surface area contributed by atoms with Crippen LogP contribution in [0.3, 0.4) is 0 Å². The number of likely N-dealkylation sites (tertiary alicyclic amines) is 1. The molecule has 2 aliphatic heterocycles. The van der Waals surface area contributed by atoms with Gasteiger partial charge < -0.3 is 20.1 Å². The summed E-state index contributed by atoms with van der Waals surface area (Å²) >= 11 is 0. The summed E-state index contributed by atoms with van der Waals surface area (Å²) in [5, 5.41) is 13.4. The number of hydrogen-bond donors (Lipinski definition) is 2. The van der Waals surface area contributed by atoms with Crippen LogP contribution in [0.1, 0.15) is 19.3 Å². The highest BCUT2D eigenvalue weighted by molar-refractivity contribution is 4.95. The van der Waals surface area contributed by atoms with Gasteiger partial charge in [0.05, 0.1) is 12.7 Å². The minimum absolute atomic E-state index is 0.0392. The zero-order valence-electron chi connectivity index (χ0n) is 11.3. The van der Waals surface area contributed by atoms with Crippen molar-refractivity contribution in [3.8, 4) is 0 Å². The van der Waals surface area contributed by atoms with Gasteiger partial charge in [-0.15, -0.1) is 0 Å². The van der Waals surface area contributed by atoms with Gasteiger partial charge in [0.15, 0.2) is 0 Å². The van der Waals surface area contributed by atoms with Crippen molar-refractivity contribution in [2.45, 2.75) is 31.4 Å². The molecule has 4 heteroatoms. The number of nitrogens with zero attached hydrogens (tertiary/aromatic N) is 1. The van der Waals surface area contributed by atoms with Gasteiger partial charge in [0.1, 0.15) is 0 Å². The van der Waals surface area contributed by atoms with Crippen molar-refractivity contribution < 1.29 is 9.84 Å². The molecule has 104 valence electrons. The number of fused-ring (bicyclic) bond motifs is 1. The molecule has 5 unspecified atom stereocenters. The fourth-order valence-corrected chi connectivity index (χ4v) is 4.17. The van der Waals surface area contributed by atoms with Gasteiger partial charge >= 0.3 is 0 Å². The molecule has 0 aromatic carbocycles. The first-order valence-corrected chi connectivity index (χ1v) is 7.43. The van der Waals surface area contributed by atoms with E-state index < -0.39 is 0 Å². The van der Waals surface area contributed by atoms with Crippen molar-refractivity contribution in [3.05, 3.63) is 0 Å². The molecule has 0 bridgehead atoms. The van der Waals surface area contributed by atoms with E-state index in [9.17, 15) is 5.11 Å². The van der Waals surface area contributed by atoms with Crippen LogP contribution in [0.15, 0.2) is 0 Å². The average Bonchev–Trinajstić information content (AvgIpc) is 2.93. The Morgan fingerprint density at radius 1 is 1.28 bits per heavy atom. The van der Waals surface area contributed by atoms with Crippen LogP contribution < -0.4 is 5.32 Å². The topological polar surface area (TPSA) is 44.7 Å². The molecule has 0 amide bonds. The number of aliphatic hydroxyl groups excluding tert-OH is 1. The Balaban J connectivity index is 1.54. The third kappa shape index (κ3) is 2.44. The van der Waals surface area contributed by atoms with Gasteiger partial charge in [-0.05, 0) is 32.2 Å². The van der Waals surface area contributed by atoms with E-state index in [2.05, 4.69) is 17.3 Å². The molecular formula is C14H26N2O2. The third-order valence-corrected chi connectivity index (χ3v) is 5.23. The van der Waals surface area contributed by atoms with E-state index >= 15 is 0 Å². The van der Waals surface area contributed by atoms with E-state index in [0.29, 0.717) is 17.9 Å². The second kappa shape index (κ2) is 5.45. The molecule has 18 heavy (non-hydrogen) atoms. The monoisotopic (exact) mass is 254 g/mol. The first-order valence-electron chi connectivity index (χ1n) is 7.43. The summed E-state index contributed by atoms with van der Waals surface area (Å²) in [6.07, 6.45) is 3.33. The van der Waals surface area contributed by atoms with Crippen molar-refractivity contribution >= 4 is 0 Å². The second-order valence-corrected chi connectivity index (χ2v) is 6.31. The highest BCUT2D eigenvalue weighted by atomic mass is 16.5. The molecule has 4 nitrogen and oxygen atoms in total. The summed E-state index contributed by atoms with van der Waals surface area (Å²) in [7, 11) is 2.06. The lowest BCUT2D eigenvalue weighted by Crippen LogP contribution is -2.46. The van der Waals surface area contributed by atoms with Crippen molar-refractivity contribution in [1.29, 1.82) is 0 Å². The highest BCUT2D eigenvalue weighted by Gasteiger charge is 2.42. The Morgan fingerprint density at radius 2 is 2.17 bits per heavy atom. The van der Waals surface area contributed by atoms with Gasteiger partial charge in [-0.2, -0.15) is 0 Å². The molecule has 3 aliphatic rings. The van der Waals surface area contributed by atoms with Crippen molar-refractivity contribution in [2.24, 2.45) is 17.8 Å². The fourth-order valence-electron chi connectivity index (χ4n) is 4.17. The predicted octanol–water partition coefficient (Wildman–Crippen LogP) is 0.314. The van der Waals surface area contributed by atoms with Crippen LogP contribution in [0.2, 0.25) is 0 Å². The molecule has 0 spiro atoms. The van der Waals surface area contributed by atoms with Crippen molar-refractivity contribution in [3.63, 3.8) is 0 Å². The molecule has 0 radical (unpaired) electrons. The third-order valence-electron chi connectivity index (χ3n) is 5.23. The lowest BCUT2D eigenvalue weighted by atomic mass is 9.95. The maximum Gasteiger partial charge on any atom is 0.0583 e. The standard InChI is InChI=1S/C14H26N2O2/c1-15-13-4-5-18-9-11(13)7-16-6-10-2-3-14(17)12(10)8-16/h10-15,17H,2-9H2,1H3. The quantitative estimate of drug-likeness (QED) is 0.761. The number of rotatable bonds is 3. The Hall–Kier alpha value is -0.160. The summed E-state index contributed by atoms with van der Waals surface area (Å²) in [5.41, 5.74) is 0. The van der Waals surface area contributed by atoms with Gasteiger partial charge in [-0.1, -0.05) is 0 Å². The average molecular weight is 254 g/mol. The zero-order chi connectivity index (χ0) is 12.5. The van der Waals surface area contributed by atoms with Crippen molar-refractivity contribution in [1.82, 2.24) is 10.2 Å². The Bertz CT molecular complexity index is 287. The van der Waals surface area contributed by atoms with E-state index in [1.807, 2.05) is 0 Å². The summed E-state index contributed by atoms with van der Waals surface area (Å²) < 4.78 is 5.62. The second-order valence-electron chi connectivity index (χ2n) is 6.31. The van der Waals surface area contributed by atoms with E-state index in [-0.39, 0.29) is 6.10 Å². The Labute approximate surface area is 110 Å². The molecule has 2 heterocycles. The van der Waals surface area contributed by atoms with E-state index in [1.165, 1.54) is 13.0 Å². The first-order chi connectivity index (χ1) is 8.78. The maximum atomic E-state index is 9.96. The zero-order valence-corrected chi connectivity index (χ0v) is 11.3. The number of ether oxygens (including phenoxy) is 1. The first kappa shape index (κ1) is 12.9. The van der Waals surface area contributed by atoms with E-state index in [0.717, 1.165) is 45.1 Å². The van der Waals surface area contributed by atoms with Gasteiger partial charge in [-0.3, -0.25) is 0 Å². The molecule has 3 fully saturated rings. The summed E-state index contributed by atoms with van der Waals surface area (Å²) in [6.45, 7) is 5.20. The van der Waals surface area contributed by atoms with Crippen LogP contribution in [-0.2, 0) is 4.74 Å². The lowest BCUT2D eigenvalue weighted by Gasteiger charge is -2.34. The van der Waals surface area contributed by atoms with Crippen LogP contribution in [0, 0.1) is 17.8 Å². The summed E-state index contributed by atoms with van der Waals surface area (Å²) in [5.74, 6) is 1.90. The Kier molecular flexibility index (Phi) is 3.89. The molecule has 0 aromatic rings. The van der Waals surface area contributed by atoms with Gasteiger partial charge in [0, 0.05) is 44.1 Å². The normalized spacial score (nSPS) is 45.3. The minimum atomic E-state index is -0.0392. The fraction of sp³-hybridized carbons (Fsp3) is 1.00. The molecule has 5 atom stereocenters. The van der Waals surface area contributed by atoms with Gasteiger partial charge in [0.25, 0.3) is 0 Å². The molecule has 1 aliphatic carbocycles. The SMILES string of the molecule is CNC1CCOCC1CN1CC2CCC(O)C2C1. The highest BCUT2D eigenvalue weighted by Crippen LogP contribution is 2.38.